The Morgan fingerprint density at radius 2 is 0.469 bits per heavy atom. The van der Waals surface area contributed by atoms with E-state index < -0.39 is 0 Å². The first kappa shape index (κ1) is 73.7. The van der Waals surface area contributed by atoms with Gasteiger partial charge >= 0.3 is 0 Å². The Morgan fingerprint density at radius 3 is 0.770 bits per heavy atom. The van der Waals surface area contributed by atoms with E-state index in [4.69, 9.17) is 0 Å². The minimum absolute atomic E-state index is 0.0583. The van der Waals surface area contributed by atoms with Crippen molar-refractivity contribution in [1.82, 2.24) is 0 Å². The van der Waals surface area contributed by atoms with E-state index in [1.54, 1.807) is 0 Å². The smallest absolute Gasteiger partial charge is 0.0467 e. The lowest BCUT2D eigenvalue weighted by atomic mass is 9.72. The lowest BCUT2D eigenvalue weighted by Gasteiger charge is -2.31. The highest BCUT2D eigenvalue weighted by molar-refractivity contribution is 5.85. The predicted molar refractivity (Wildman–Crippen MR) is 481 cm³/mol. The van der Waals surface area contributed by atoms with Gasteiger partial charge in [0.15, 0.2) is 0 Å². The van der Waals surface area contributed by atoms with Crippen LogP contribution in [0.4, 0.5) is 34.1 Å². The van der Waals surface area contributed by atoms with Crippen LogP contribution in [0.5, 0.6) is 0 Å². The maximum absolute atomic E-state index is 2.59. The van der Waals surface area contributed by atoms with Gasteiger partial charge in [0.1, 0.15) is 0 Å². The molecule has 113 heavy (non-hydrogen) atoms. The molecule has 0 saturated carbocycles. The molecular formula is C111H102N2. The molecular weight excluding hydrogens is 1360 g/mol. The molecule has 0 bridgehead atoms. The third-order valence-corrected chi connectivity index (χ3v) is 25.1. The number of anilines is 6. The third-order valence-electron chi connectivity index (χ3n) is 25.1. The van der Waals surface area contributed by atoms with Crippen LogP contribution in [0.3, 0.4) is 0 Å². The molecule has 2 aliphatic rings. The Balaban J connectivity index is 0.696. The second kappa shape index (κ2) is 30.2. The van der Waals surface area contributed by atoms with Crippen molar-refractivity contribution in [2.75, 3.05) is 9.80 Å². The molecule has 0 N–H and O–H groups in total. The van der Waals surface area contributed by atoms with E-state index in [2.05, 4.69) is 443 Å². The van der Waals surface area contributed by atoms with E-state index >= 15 is 0 Å². The van der Waals surface area contributed by atoms with Crippen LogP contribution in [0.25, 0.3) is 77.9 Å². The summed E-state index contributed by atoms with van der Waals surface area (Å²) in [5, 5.41) is 0. The van der Waals surface area contributed by atoms with Crippen LogP contribution in [0.2, 0.25) is 0 Å². The summed E-state index contributed by atoms with van der Waals surface area (Å²) in [4.78, 5) is 4.88. The quantitative estimate of drug-likeness (QED) is 0.0707. The maximum Gasteiger partial charge on any atom is 0.0467 e. The van der Waals surface area contributed by atoms with Gasteiger partial charge in [0.2, 0.25) is 0 Å². The third kappa shape index (κ3) is 14.4. The highest BCUT2D eigenvalue weighted by Crippen LogP contribution is 2.64. The fraction of sp³-hybridized carbons (Fsp3) is 0.189. The zero-order valence-corrected chi connectivity index (χ0v) is 67.3. The number of benzene rings is 15. The van der Waals surface area contributed by atoms with Gasteiger partial charge < -0.3 is 9.80 Å². The Bertz CT molecular complexity index is 5850. The Morgan fingerprint density at radius 1 is 0.230 bits per heavy atom. The average molecular weight is 1460 g/mol. The van der Waals surface area contributed by atoms with Gasteiger partial charge in [-0.1, -0.05) is 361 Å². The van der Waals surface area contributed by atoms with Crippen LogP contribution in [-0.2, 0) is 39.9 Å². The minimum atomic E-state index is -0.227. The van der Waals surface area contributed by atoms with Crippen molar-refractivity contribution in [3.05, 3.63) is 420 Å². The monoisotopic (exact) mass is 1460 g/mol. The first-order valence-electron chi connectivity index (χ1n) is 41.0. The van der Waals surface area contributed by atoms with Crippen molar-refractivity contribution in [1.29, 1.82) is 0 Å². The second-order valence-electron chi connectivity index (χ2n) is 34.3. The summed E-state index contributed by atoms with van der Waals surface area (Å²) in [6, 6.07) is 137. The molecule has 15 aromatic rings. The van der Waals surface area contributed by atoms with E-state index in [-0.39, 0.29) is 27.1 Å². The molecule has 1 atom stereocenters. The summed E-state index contributed by atoms with van der Waals surface area (Å²) in [6.45, 7) is 23.8. The van der Waals surface area contributed by atoms with Gasteiger partial charge in [-0.2, -0.15) is 0 Å². The average Bonchev–Trinajstić information content (AvgIpc) is 1.53. The summed E-state index contributed by atoms with van der Waals surface area (Å²) < 4.78 is 0. The van der Waals surface area contributed by atoms with Gasteiger partial charge in [0.25, 0.3) is 0 Å². The van der Waals surface area contributed by atoms with Crippen LogP contribution in [0, 0.1) is 0 Å². The number of hydrogen-bond donors (Lipinski definition) is 0. The maximum atomic E-state index is 2.59. The molecule has 15 aromatic carbocycles. The van der Waals surface area contributed by atoms with Gasteiger partial charge in [-0.05, 0) is 255 Å². The SMILES string of the molecule is CCCc1ccc(-c2ccc(N(c3ccc(-c4ccc(C(C)(C)c5ccc(-c6ccccc6)cc5)cc4)cc3)c3cccc(-c4ccc5c(c4)C4(CC5(C)C)CC(C)(C)c5ccc(-c6cccc(N(c7ccc(-c8ccc(CCC)cc8)cc7)c7ccc(C(C)(C)c8ccc(-c9ccccc9)cc8)cc7)c6)cc54)c3)cc2)cc1. The van der Waals surface area contributed by atoms with Crippen molar-refractivity contribution < 1.29 is 0 Å². The summed E-state index contributed by atoms with van der Waals surface area (Å²) in [5.74, 6) is 0. The van der Waals surface area contributed by atoms with Gasteiger partial charge in [0, 0.05) is 50.4 Å². The molecule has 2 heteroatoms. The first-order chi connectivity index (χ1) is 54.8. The zero-order valence-electron chi connectivity index (χ0n) is 67.3. The summed E-state index contributed by atoms with van der Waals surface area (Å²) in [5.41, 5.74) is 36.7. The molecule has 556 valence electrons. The fourth-order valence-electron chi connectivity index (χ4n) is 18.8. The van der Waals surface area contributed by atoms with E-state index in [0.717, 1.165) is 72.6 Å². The highest BCUT2D eigenvalue weighted by atomic mass is 15.1. The molecule has 0 heterocycles. The van der Waals surface area contributed by atoms with Gasteiger partial charge in [0.05, 0.1) is 0 Å². The Labute approximate surface area is 671 Å². The van der Waals surface area contributed by atoms with Crippen LogP contribution in [0.15, 0.2) is 364 Å². The van der Waals surface area contributed by atoms with Gasteiger partial charge in [-0.15, -0.1) is 0 Å². The minimum Gasteiger partial charge on any atom is -0.310 e. The first-order valence-corrected chi connectivity index (χ1v) is 41.0. The van der Waals surface area contributed by atoms with Crippen molar-refractivity contribution in [3.63, 3.8) is 0 Å². The number of hydrogen-bond acceptors (Lipinski definition) is 2. The molecule has 2 nitrogen and oxygen atoms in total. The van der Waals surface area contributed by atoms with Crippen LogP contribution in [0.1, 0.15) is 151 Å². The number of fused-ring (bicyclic) bond motifs is 4. The van der Waals surface area contributed by atoms with Crippen LogP contribution in [-0.4, -0.2) is 0 Å². The van der Waals surface area contributed by atoms with E-state index in [0.29, 0.717) is 0 Å². The van der Waals surface area contributed by atoms with Crippen molar-refractivity contribution >= 4 is 34.1 Å². The molecule has 0 aliphatic heterocycles. The van der Waals surface area contributed by atoms with Crippen molar-refractivity contribution in [3.8, 4) is 77.9 Å². The van der Waals surface area contributed by atoms with E-state index in [9.17, 15) is 0 Å². The van der Waals surface area contributed by atoms with Gasteiger partial charge in [-0.25, -0.2) is 0 Å². The summed E-state index contributed by atoms with van der Waals surface area (Å²) in [6.07, 6.45) is 6.52. The second-order valence-corrected chi connectivity index (χ2v) is 34.3. The molecule has 0 fully saturated rings. The summed E-state index contributed by atoms with van der Waals surface area (Å²) in [7, 11) is 0. The number of nitrogens with zero attached hydrogens (tertiary/aromatic N) is 2. The fourth-order valence-corrected chi connectivity index (χ4v) is 18.8. The molecule has 0 aromatic heterocycles. The molecule has 1 spiro atoms. The van der Waals surface area contributed by atoms with Crippen LogP contribution >= 0.6 is 0 Å². The standard InChI is InChI=1S/C111H102N2/c1-11-21-77-31-35-81(36-32-77)86-45-61-97(62-46-86)112(98-65-49-88(50-66-98)85-43-57-94(58-44-85)109(7,8)93-53-39-83(40-54-93)79-23-15-13-16-24-79)101-29-19-27-89(71-101)91-51-69-103-105(73-91)111(75-107(103,3)4)76-108(5,6)104-70-52-92(74-106(104)111)90-28-20-30-102(72-90)113(99-63-47-87(48-64-99)82-37-33-78(22-12-2)34-38-82)100-67-59-96(60-68-100)110(9,10)95-55-41-84(42-56-95)80-25-17-14-18-26-80/h13-20,23-74H,11-12,21-22,75-76H2,1-10H3. The van der Waals surface area contributed by atoms with Gasteiger partial charge in [-0.3, -0.25) is 0 Å². The topological polar surface area (TPSA) is 6.48 Å². The Kier molecular flexibility index (Phi) is 19.7. The lowest BCUT2D eigenvalue weighted by Crippen LogP contribution is -2.27. The highest BCUT2D eigenvalue weighted by Gasteiger charge is 2.56. The molecule has 0 radical (unpaired) electrons. The molecule has 2 aliphatic carbocycles. The Hall–Kier alpha value is -12.1. The molecule has 1 unspecified atom stereocenters. The lowest BCUT2D eigenvalue weighted by molar-refractivity contribution is 0.349. The normalized spacial score (nSPS) is 14.7. The summed E-state index contributed by atoms with van der Waals surface area (Å²) >= 11 is 0. The molecule has 17 rings (SSSR count). The van der Waals surface area contributed by atoms with Crippen LogP contribution < -0.4 is 9.80 Å². The zero-order chi connectivity index (χ0) is 77.6. The predicted octanol–water partition coefficient (Wildman–Crippen LogP) is 30.5. The molecule has 0 saturated heterocycles. The van der Waals surface area contributed by atoms with E-state index in [1.165, 1.54) is 134 Å². The largest absolute Gasteiger partial charge is 0.310 e. The van der Waals surface area contributed by atoms with Crippen molar-refractivity contribution in [2.45, 2.75) is 135 Å². The van der Waals surface area contributed by atoms with E-state index in [1.807, 2.05) is 0 Å². The number of rotatable bonds is 21. The van der Waals surface area contributed by atoms with Crippen molar-refractivity contribution in [2.24, 2.45) is 0 Å². The molecule has 0 amide bonds. The number of aryl methyl sites for hydroxylation is 2.